The minimum absolute atomic E-state index is 0. The number of Topliss-reactive ketones (excluding diaryl/α,β-unsaturated/α-hetero) is 2. The van der Waals surface area contributed by atoms with Crippen LogP contribution >= 0.6 is 0 Å². The molecule has 0 saturated heterocycles. The van der Waals surface area contributed by atoms with Crippen LogP contribution in [0.25, 0.3) is 6.08 Å². The van der Waals surface area contributed by atoms with Gasteiger partial charge in [-0.05, 0) is 51.8 Å². The molecule has 4 rings (SSSR count). The fourth-order valence-electron chi connectivity index (χ4n) is 4.08. The van der Waals surface area contributed by atoms with E-state index in [0.717, 1.165) is 16.7 Å². The predicted molar refractivity (Wildman–Crippen MR) is 186 cm³/mol. The molecule has 3 nitrogen and oxygen atoms in total. The van der Waals surface area contributed by atoms with Crippen molar-refractivity contribution in [1.82, 2.24) is 0 Å². The smallest absolute Gasteiger partial charge is 0.299 e. The van der Waals surface area contributed by atoms with E-state index in [-0.39, 0.29) is 24.7 Å². The molecule has 0 aliphatic heterocycles. The van der Waals surface area contributed by atoms with Gasteiger partial charge in [-0.1, -0.05) is 152 Å². The summed E-state index contributed by atoms with van der Waals surface area (Å²) in [6.07, 6.45) is 3.76. The maximum absolute atomic E-state index is 12.6. The molecule has 4 aromatic rings. The lowest BCUT2D eigenvalue weighted by Crippen LogP contribution is -2.31. The standard InChI is InChI=1S/C20H22O2.C15H12O.C6H12/c1-15(21)20(2,3)18(16-10-6-4-7-11-16)14-19(22)17-12-8-5-9-13-17;16-15(14-9-5-2-6-10-14)12-11-13-7-3-1-4-8-13;1-5(2)6(3)4/h4-13,18H,14H2,1-3H3;1-12H;1-4H3/p+1/b;12-11+;. The Morgan fingerprint density at radius 3 is 1.45 bits per heavy atom. The van der Waals surface area contributed by atoms with Crippen molar-refractivity contribution >= 4 is 23.4 Å². The minimum atomic E-state index is -0.578. The van der Waals surface area contributed by atoms with Gasteiger partial charge < -0.3 is 0 Å². The Kier molecular flexibility index (Phi) is 14.7. The second kappa shape index (κ2) is 18.1. The van der Waals surface area contributed by atoms with Gasteiger partial charge in [-0.25, -0.2) is 0 Å². The summed E-state index contributed by atoms with van der Waals surface area (Å²) >= 11 is 0. The third kappa shape index (κ3) is 11.9. The molecule has 0 N–H and O–H groups in total. The molecule has 228 valence electrons. The Labute approximate surface area is 265 Å². The molecule has 0 aliphatic carbocycles. The van der Waals surface area contributed by atoms with Gasteiger partial charge in [0.1, 0.15) is 5.78 Å². The highest BCUT2D eigenvalue weighted by molar-refractivity contribution is 6.06. The molecule has 0 aliphatic rings. The van der Waals surface area contributed by atoms with Gasteiger partial charge in [-0.2, -0.15) is 0 Å². The predicted octanol–water partition coefficient (Wildman–Crippen LogP) is 10.7. The van der Waals surface area contributed by atoms with E-state index in [0.29, 0.717) is 12.0 Å². The molecule has 0 radical (unpaired) electrons. The highest BCUT2D eigenvalue weighted by Gasteiger charge is 2.36. The second-order valence-corrected chi connectivity index (χ2v) is 11.7. The summed E-state index contributed by atoms with van der Waals surface area (Å²) in [6.45, 7) is 13.9. The Morgan fingerprint density at radius 2 is 1.02 bits per heavy atom. The van der Waals surface area contributed by atoms with Crippen LogP contribution in [0.5, 0.6) is 0 Å². The van der Waals surface area contributed by atoms with Crippen molar-refractivity contribution in [3.05, 3.63) is 161 Å². The summed E-state index contributed by atoms with van der Waals surface area (Å²) in [7, 11) is 0. The molecule has 0 fully saturated rings. The number of allylic oxidation sites excluding steroid dienone is 3. The van der Waals surface area contributed by atoms with Gasteiger partial charge in [-0.15, -0.1) is 0 Å². The number of benzene rings is 4. The van der Waals surface area contributed by atoms with Crippen LogP contribution in [0.4, 0.5) is 0 Å². The van der Waals surface area contributed by atoms with Gasteiger partial charge in [0.2, 0.25) is 0 Å². The van der Waals surface area contributed by atoms with Gasteiger partial charge in [0.05, 0.1) is 0 Å². The Balaban J connectivity index is 0.000000386. The summed E-state index contributed by atoms with van der Waals surface area (Å²) < 4.78 is 0. The van der Waals surface area contributed by atoms with Crippen molar-refractivity contribution in [2.24, 2.45) is 5.41 Å². The lowest BCUT2D eigenvalue weighted by Gasteiger charge is -2.32. The fraction of sp³-hybridized carbons (Fsp3) is 0.244. The summed E-state index contributed by atoms with van der Waals surface area (Å²) in [6, 6.07) is 38.2. The van der Waals surface area contributed by atoms with E-state index in [2.05, 4.69) is 27.7 Å². The highest BCUT2D eigenvalue weighted by atomic mass is 16.1. The van der Waals surface area contributed by atoms with Crippen molar-refractivity contribution in [3.8, 4) is 0 Å². The van der Waals surface area contributed by atoms with Crippen molar-refractivity contribution in [3.63, 3.8) is 0 Å². The average Bonchev–Trinajstić information content (AvgIpc) is 3.04. The van der Waals surface area contributed by atoms with Crippen LogP contribution in [0.3, 0.4) is 0 Å². The molecule has 0 saturated carbocycles. The van der Waals surface area contributed by atoms with E-state index in [9.17, 15) is 14.4 Å². The largest absolute Gasteiger partial charge is 1.00 e. The highest BCUT2D eigenvalue weighted by Crippen LogP contribution is 2.39. The molecule has 0 aromatic heterocycles. The van der Waals surface area contributed by atoms with E-state index in [4.69, 9.17) is 0 Å². The zero-order valence-corrected chi connectivity index (χ0v) is 27.2. The minimum Gasteiger partial charge on any atom is -0.299 e. The number of hydrogen-bond donors (Lipinski definition) is 0. The first-order valence-electron chi connectivity index (χ1n) is 15.0. The molecule has 0 amide bonds. The molecule has 0 heterocycles. The molecular formula is C41H47O3+. The number of carbonyl (C=O) groups is 3. The number of hydrogen-bond acceptors (Lipinski definition) is 3. The summed E-state index contributed by atoms with van der Waals surface area (Å²) in [5, 5.41) is 0. The summed E-state index contributed by atoms with van der Waals surface area (Å²) in [5.74, 6) is 0.0781. The number of rotatable bonds is 9. The average molecular weight is 588 g/mol. The van der Waals surface area contributed by atoms with Crippen LogP contribution in [-0.4, -0.2) is 17.3 Å². The van der Waals surface area contributed by atoms with E-state index in [1.54, 1.807) is 13.0 Å². The molecule has 0 spiro atoms. The van der Waals surface area contributed by atoms with Crippen molar-refractivity contribution < 1.29 is 15.8 Å². The molecule has 0 bridgehead atoms. The van der Waals surface area contributed by atoms with Gasteiger partial charge in [0.15, 0.2) is 11.6 Å². The van der Waals surface area contributed by atoms with E-state index in [1.165, 1.54) is 11.1 Å². The van der Waals surface area contributed by atoms with Crippen LogP contribution in [0.15, 0.2) is 139 Å². The normalized spacial score (nSPS) is 11.2. The third-order valence-electron chi connectivity index (χ3n) is 7.75. The first kappa shape index (κ1) is 35.6. The van der Waals surface area contributed by atoms with Gasteiger partial charge in [0, 0.05) is 28.9 Å². The Morgan fingerprint density at radius 1 is 0.614 bits per heavy atom. The van der Waals surface area contributed by atoms with Gasteiger partial charge >= 0.3 is 1.43 Å². The molecule has 4 aromatic carbocycles. The topological polar surface area (TPSA) is 51.2 Å². The van der Waals surface area contributed by atoms with Crippen LogP contribution in [0.2, 0.25) is 0 Å². The van der Waals surface area contributed by atoms with Crippen LogP contribution in [0.1, 0.15) is 94.1 Å². The first-order chi connectivity index (χ1) is 20.9. The SMILES string of the molecule is CC(=O)C(C)(C)C(CC(=O)c1ccccc1)c1ccccc1.CC(C)=C(C)C.O=C(/C=C/c1ccccc1)c1ccccc1.[H+]. The molecule has 1 unspecified atom stereocenters. The zero-order valence-electron chi connectivity index (χ0n) is 28.2. The first-order valence-corrected chi connectivity index (χ1v) is 15.0. The van der Waals surface area contributed by atoms with Crippen LogP contribution in [-0.2, 0) is 4.79 Å². The van der Waals surface area contributed by atoms with Crippen molar-refractivity contribution in [2.45, 2.75) is 60.8 Å². The molecule has 1 atom stereocenters. The third-order valence-corrected chi connectivity index (χ3v) is 7.75. The summed E-state index contributed by atoms with van der Waals surface area (Å²) in [4.78, 5) is 36.4. The van der Waals surface area contributed by atoms with Crippen molar-refractivity contribution in [2.75, 3.05) is 0 Å². The van der Waals surface area contributed by atoms with Crippen LogP contribution < -0.4 is 0 Å². The zero-order chi connectivity index (χ0) is 32.5. The maximum Gasteiger partial charge on any atom is 1.00 e. The van der Waals surface area contributed by atoms with Gasteiger partial charge in [-0.3, -0.25) is 14.4 Å². The second-order valence-electron chi connectivity index (χ2n) is 11.7. The quantitative estimate of drug-likeness (QED) is 0.111. The number of ketones is 3. The van der Waals surface area contributed by atoms with E-state index >= 15 is 0 Å². The lowest BCUT2D eigenvalue weighted by molar-refractivity contribution is -0.126. The molecule has 44 heavy (non-hydrogen) atoms. The maximum atomic E-state index is 12.6. The Bertz CT molecular complexity index is 1500. The van der Waals surface area contributed by atoms with Crippen molar-refractivity contribution in [1.29, 1.82) is 0 Å². The lowest BCUT2D eigenvalue weighted by atomic mass is 9.70. The number of carbonyl (C=O) groups excluding carboxylic acids is 3. The molecule has 3 heteroatoms. The van der Waals surface area contributed by atoms with Gasteiger partial charge in [0.25, 0.3) is 0 Å². The van der Waals surface area contributed by atoms with E-state index in [1.807, 2.05) is 141 Å². The molecular weight excluding hydrogens is 540 g/mol. The fourth-order valence-corrected chi connectivity index (χ4v) is 4.08. The van der Waals surface area contributed by atoms with E-state index < -0.39 is 5.41 Å². The monoisotopic (exact) mass is 587 g/mol. The summed E-state index contributed by atoms with van der Waals surface area (Å²) in [5.41, 5.74) is 5.76. The van der Waals surface area contributed by atoms with Crippen LogP contribution in [0, 0.1) is 5.41 Å². The Hall–Kier alpha value is -4.63.